The summed E-state index contributed by atoms with van der Waals surface area (Å²) >= 11 is 0. The van der Waals surface area contributed by atoms with Crippen molar-refractivity contribution in [2.45, 2.75) is 65.2 Å². The lowest BCUT2D eigenvalue weighted by molar-refractivity contribution is -0.135. The highest BCUT2D eigenvalue weighted by Gasteiger charge is 2.30. The van der Waals surface area contributed by atoms with E-state index in [0.717, 1.165) is 0 Å². The van der Waals surface area contributed by atoms with E-state index in [2.05, 4.69) is 122 Å². The van der Waals surface area contributed by atoms with Gasteiger partial charge < -0.3 is 18.9 Å². The van der Waals surface area contributed by atoms with Crippen LogP contribution in [-0.4, -0.2) is 52.1 Å². The molecule has 0 bridgehead atoms. The van der Waals surface area contributed by atoms with Crippen LogP contribution in [-0.2, 0) is 30.0 Å². The van der Waals surface area contributed by atoms with Gasteiger partial charge in [-0.05, 0) is 63.8 Å². The van der Waals surface area contributed by atoms with Gasteiger partial charge in [-0.15, -0.1) is 0 Å². The number of nitrogens with one attached hydrogen (secondary N) is 2. The average Bonchev–Trinajstić information content (AvgIpc) is 3.11. The third-order valence-electron chi connectivity index (χ3n) is 8.06. The van der Waals surface area contributed by atoms with Crippen LogP contribution in [0.4, 0.5) is 0 Å². The Morgan fingerprint density at radius 1 is 0.413 bits per heavy atom. The van der Waals surface area contributed by atoms with Crippen molar-refractivity contribution in [1.29, 1.82) is 0 Å². The fourth-order valence-corrected chi connectivity index (χ4v) is 5.48. The highest BCUT2D eigenvalue weighted by atomic mass is 16.7. The zero-order valence-corrected chi connectivity index (χ0v) is 28.6. The molecule has 6 heteroatoms. The quantitative estimate of drug-likeness (QED) is 0.110. The molecule has 0 aromatic heterocycles. The number of rotatable bonds is 18. The minimum atomic E-state index is -0.297. The Balaban J connectivity index is 0.000000250. The van der Waals surface area contributed by atoms with E-state index in [1.807, 2.05) is 52.0 Å². The second-order valence-corrected chi connectivity index (χ2v) is 11.2. The molecule has 0 atom stereocenters. The molecule has 0 spiro atoms. The van der Waals surface area contributed by atoms with E-state index in [-0.39, 0.29) is 23.7 Å². The Labute approximate surface area is 277 Å². The zero-order valence-electron chi connectivity index (χ0n) is 28.6. The first-order valence-corrected chi connectivity index (χ1v) is 16.6. The van der Waals surface area contributed by atoms with Crippen molar-refractivity contribution in [1.82, 2.24) is 10.6 Å². The van der Waals surface area contributed by atoms with Crippen LogP contribution in [0.5, 0.6) is 0 Å². The molecule has 248 valence electrons. The molecule has 4 aromatic rings. The molecule has 0 fully saturated rings. The Morgan fingerprint density at radius 3 is 0.826 bits per heavy atom. The number of hydrogen-bond donors (Lipinski definition) is 2. The molecule has 0 saturated carbocycles. The van der Waals surface area contributed by atoms with Gasteiger partial charge in [0, 0.05) is 39.5 Å². The Kier molecular flexibility index (Phi) is 16.1. The zero-order chi connectivity index (χ0) is 33.1. The Hall–Kier alpha value is -3.36. The van der Waals surface area contributed by atoms with E-state index >= 15 is 0 Å². The maximum absolute atomic E-state index is 5.66. The van der Waals surface area contributed by atoms with Crippen molar-refractivity contribution < 1.29 is 18.9 Å². The maximum Gasteiger partial charge on any atom is 0.169 e. The van der Waals surface area contributed by atoms with Gasteiger partial charge in [0.1, 0.15) is 0 Å². The summed E-state index contributed by atoms with van der Waals surface area (Å²) in [6.07, 6.45) is -0.478. The predicted molar refractivity (Wildman–Crippen MR) is 189 cm³/mol. The van der Waals surface area contributed by atoms with Crippen LogP contribution >= 0.6 is 0 Å². The summed E-state index contributed by atoms with van der Waals surface area (Å²) in [7, 11) is 0. The topological polar surface area (TPSA) is 61.0 Å². The van der Waals surface area contributed by atoms with E-state index in [1.54, 1.807) is 0 Å². The summed E-state index contributed by atoms with van der Waals surface area (Å²) < 4.78 is 22.7. The van der Waals surface area contributed by atoms with Gasteiger partial charge in [0.05, 0.1) is 11.1 Å². The molecule has 0 radical (unpaired) electrons. The SMILES string of the molecule is CCOC(CNC(C)(c1ccccc1)c1ccccc1)OCC.CCOC(CNC(C)(c1ccccc1)c1ccccc1)OCC. The van der Waals surface area contributed by atoms with Gasteiger partial charge in [-0.3, -0.25) is 10.6 Å². The minimum Gasteiger partial charge on any atom is -0.352 e. The third kappa shape index (κ3) is 10.9. The van der Waals surface area contributed by atoms with Crippen LogP contribution in [0.3, 0.4) is 0 Å². The van der Waals surface area contributed by atoms with Gasteiger partial charge >= 0.3 is 0 Å². The molecule has 0 saturated heterocycles. The monoisotopic (exact) mass is 626 g/mol. The van der Waals surface area contributed by atoms with Gasteiger partial charge in [-0.1, -0.05) is 121 Å². The second-order valence-electron chi connectivity index (χ2n) is 11.2. The summed E-state index contributed by atoms with van der Waals surface area (Å²) in [4.78, 5) is 0. The lowest BCUT2D eigenvalue weighted by Crippen LogP contribution is -2.45. The van der Waals surface area contributed by atoms with Crippen LogP contribution in [0.2, 0.25) is 0 Å². The van der Waals surface area contributed by atoms with Crippen LogP contribution in [0.1, 0.15) is 63.8 Å². The van der Waals surface area contributed by atoms with Crippen molar-refractivity contribution in [3.63, 3.8) is 0 Å². The molecular formula is C40H54N2O4. The van der Waals surface area contributed by atoms with Crippen LogP contribution in [0.15, 0.2) is 121 Å². The van der Waals surface area contributed by atoms with Crippen LogP contribution in [0, 0.1) is 0 Å². The molecule has 0 heterocycles. The van der Waals surface area contributed by atoms with E-state index in [4.69, 9.17) is 18.9 Å². The van der Waals surface area contributed by atoms with E-state index in [0.29, 0.717) is 39.5 Å². The first-order chi connectivity index (χ1) is 22.4. The van der Waals surface area contributed by atoms with E-state index in [9.17, 15) is 0 Å². The van der Waals surface area contributed by atoms with Crippen molar-refractivity contribution in [2.24, 2.45) is 0 Å². The lowest BCUT2D eigenvalue weighted by atomic mass is 9.84. The number of benzene rings is 4. The summed E-state index contributed by atoms with van der Waals surface area (Å²) in [5.74, 6) is 0. The summed E-state index contributed by atoms with van der Waals surface area (Å²) in [5.41, 5.74) is 4.29. The van der Waals surface area contributed by atoms with Crippen LogP contribution in [0.25, 0.3) is 0 Å². The van der Waals surface area contributed by atoms with E-state index in [1.165, 1.54) is 22.3 Å². The highest BCUT2D eigenvalue weighted by molar-refractivity contribution is 5.38. The molecule has 46 heavy (non-hydrogen) atoms. The van der Waals surface area contributed by atoms with Crippen molar-refractivity contribution in [3.8, 4) is 0 Å². The lowest BCUT2D eigenvalue weighted by Gasteiger charge is -2.34. The van der Waals surface area contributed by atoms with Crippen molar-refractivity contribution in [3.05, 3.63) is 144 Å². The summed E-state index contributed by atoms with van der Waals surface area (Å²) in [6.45, 7) is 16.2. The Bertz CT molecular complexity index is 1130. The van der Waals surface area contributed by atoms with Gasteiger partial charge in [0.25, 0.3) is 0 Å². The van der Waals surface area contributed by atoms with Gasteiger partial charge in [-0.2, -0.15) is 0 Å². The molecular weight excluding hydrogens is 572 g/mol. The average molecular weight is 627 g/mol. The third-order valence-corrected chi connectivity index (χ3v) is 8.06. The second kappa shape index (κ2) is 20.0. The highest BCUT2D eigenvalue weighted by Crippen LogP contribution is 2.30. The Morgan fingerprint density at radius 2 is 0.630 bits per heavy atom. The fraction of sp³-hybridized carbons (Fsp3) is 0.400. The van der Waals surface area contributed by atoms with Crippen molar-refractivity contribution >= 4 is 0 Å². The van der Waals surface area contributed by atoms with Gasteiger partial charge in [0.15, 0.2) is 12.6 Å². The molecule has 0 aliphatic carbocycles. The van der Waals surface area contributed by atoms with Gasteiger partial charge in [0.2, 0.25) is 0 Å². The number of hydrogen-bond acceptors (Lipinski definition) is 6. The fourth-order valence-electron chi connectivity index (χ4n) is 5.48. The number of ether oxygens (including phenoxy) is 4. The molecule has 6 nitrogen and oxygen atoms in total. The minimum absolute atomic E-state index is 0.239. The van der Waals surface area contributed by atoms with Crippen molar-refractivity contribution in [2.75, 3.05) is 39.5 Å². The van der Waals surface area contributed by atoms with E-state index < -0.39 is 0 Å². The molecule has 2 N–H and O–H groups in total. The van der Waals surface area contributed by atoms with Crippen LogP contribution < -0.4 is 10.6 Å². The first kappa shape index (κ1) is 37.1. The predicted octanol–water partition coefficient (Wildman–Crippen LogP) is 7.88. The standard InChI is InChI=1S/2C20H27NO2/c2*1-4-22-19(23-5-2)16-21-20(3,17-12-8-6-9-13-17)18-14-10-7-11-15-18/h2*6-15,19,21H,4-5,16H2,1-3H3. The normalized spacial score (nSPS) is 11.8. The molecule has 0 unspecified atom stereocenters. The first-order valence-electron chi connectivity index (χ1n) is 16.6. The molecule has 0 aliphatic rings. The summed E-state index contributed by atoms with van der Waals surface area (Å²) in [5, 5.41) is 7.30. The maximum atomic E-state index is 5.66. The molecule has 0 aliphatic heterocycles. The summed E-state index contributed by atoms with van der Waals surface area (Å²) in [6, 6.07) is 41.9. The molecule has 4 rings (SSSR count). The van der Waals surface area contributed by atoms with Gasteiger partial charge in [-0.25, -0.2) is 0 Å². The molecule has 4 aromatic carbocycles. The molecule has 0 amide bonds. The largest absolute Gasteiger partial charge is 0.352 e. The smallest absolute Gasteiger partial charge is 0.169 e.